The van der Waals surface area contributed by atoms with E-state index >= 15 is 0 Å². The molecule has 0 radical (unpaired) electrons. The second kappa shape index (κ2) is 9.94. The van der Waals surface area contributed by atoms with Crippen molar-refractivity contribution >= 4 is 17.7 Å². The predicted octanol–water partition coefficient (Wildman–Crippen LogP) is 6.71. The monoisotopic (exact) mass is 490 g/mol. The van der Waals surface area contributed by atoms with Gasteiger partial charge in [0.2, 0.25) is 5.91 Å². The lowest BCUT2D eigenvalue weighted by atomic mass is 9.45. The van der Waals surface area contributed by atoms with Crippen LogP contribution in [0, 0.1) is 16.7 Å². The van der Waals surface area contributed by atoms with Gasteiger partial charge in [-0.2, -0.15) is 0 Å². The molecule has 2 aromatic rings. The molecular formula is C31H42N2OS. The van der Waals surface area contributed by atoms with E-state index in [1.165, 1.54) is 16.9 Å². The molecular weight excluding hydrogens is 448 g/mol. The average molecular weight is 491 g/mol. The lowest BCUT2D eigenvalue weighted by Crippen LogP contribution is -2.59. The molecule has 0 aliphatic heterocycles. The molecule has 0 spiro atoms. The number of rotatable bonds is 6. The molecule has 3 N–H and O–H groups in total. The van der Waals surface area contributed by atoms with E-state index in [4.69, 9.17) is 5.73 Å². The van der Waals surface area contributed by atoms with Crippen LogP contribution in [-0.4, -0.2) is 23.7 Å². The number of amides is 1. The standard InChI is InChI=1S/C31H42N2OS/c1-23-17-30(24-9-5-3-6-10-24)19-29(2,22-35-27-11-7-4-8-12-27)20-31(18-23,21-30)28(34)33-26-15-13-25(32)14-16-26/h3-12,23,25-26H,13-22,32H2,1-2H3,(H,33,34). The Labute approximate surface area is 216 Å². The number of benzene rings is 2. The van der Waals surface area contributed by atoms with E-state index in [0.29, 0.717) is 17.9 Å². The molecule has 0 saturated heterocycles. The molecule has 35 heavy (non-hydrogen) atoms. The number of hydrogen-bond donors (Lipinski definition) is 2. The van der Waals surface area contributed by atoms with Gasteiger partial charge in [0, 0.05) is 22.7 Å². The Morgan fingerprint density at radius 1 is 0.943 bits per heavy atom. The number of carbonyl (C=O) groups is 1. The van der Waals surface area contributed by atoms with Crippen LogP contribution in [0.2, 0.25) is 0 Å². The first-order chi connectivity index (χ1) is 16.8. The molecule has 188 valence electrons. The molecule has 4 unspecified atom stereocenters. The lowest BCUT2D eigenvalue weighted by molar-refractivity contribution is -0.145. The number of thioether (sulfide) groups is 1. The summed E-state index contributed by atoms with van der Waals surface area (Å²) in [7, 11) is 0. The van der Waals surface area contributed by atoms with Gasteiger partial charge in [-0.3, -0.25) is 4.79 Å². The van der Waals surface area contributed by atoms with Crippen molar-refractivity contribution in [3.05, 3.63) is 66.2 Å². The minimum absolute atomic E-state index is 0.0649. The summed E-state index contributed by atoms with van der Waals surface area (Å²) >= 11 is 1.96. The van der Waals surface area contributed by atoms with E-state index in [2.05, 4.69) is 79.8 Å². The van der Waals surface area contributed by atoms with Crippen LogP contribution in [0.5, 0.6) is 0 Å². The zero-order chi connectivity index (χ0) is 24.5. The Kier molecular flexibility index (Phi) is 7.07. The molecule has 1 amide bonds. The third kappa shape index (κ3) is 5.34. The molecule has 3 nitrogen and oxygen atoms in total. The molecule has 0 heterocycles. The number of carbonyl (C=O) groups excluding carboxylic acids is 1. The summed E-state index contributed by atoms with van der Waals surface area (Å²) in [5.74, 6) is 1.91. The Bertz CT molecular complexity index is 1010. The van der Waals surface area contributed by atoms with Crippen LogP contribution in [0.3, 0.4) is 0 Å². The highest BCUT2D eigenvalue weighted by atomic mass is 32.2. The maximum Gasteiger partial charge on any atom is 0.226 e. The Morgan fingerprint density at radius 3 is 2.29 bits per heavy atom. The number of hydrogen-bond acceptors (Lipinski definition) is 3. The molecule has 3 aliphatic carbocycles. The fraction of sp³-hybridized carbons (Fsp3) is 0.581. The van der Waals surface area contributed by atoms with Crippen molar-refractivity contribution in [2.75, 3.05) is 5.75 Å². The van der Waals surface area contributed by atoms with E-state index in [-0.39, 0.29) is 22.3 Å². The topological polar surface area (TPSA) is 55.1 Å². The predicted molar refractivity (Wildman–Crippen MR) is 146 cm³/mol. The van der Waals surface area contributed by atoms with Crippen molar-refractivity contribution in [2.45, 2.75) is 94.0 Å². The highest BCUT2D eigenvalue weighted by Crippen LogP contribution is 2.64. The number of nitrogens with one attached hydrogen (secondary N) is 1. The summed E-state index contributed by atoms with van der Waals surface area (Å²) < 4.78 is 0. The van der Waals surface area contributed by atoms with Crippen LogP contribution in [0.15, 0.2) is 65.6 Å². The molecule has 4 atom stereocenters. The fourth-order valence-corrected chi connectivity index (χ4v) is 9.08. The maximum absolute atomic E-state index is 14.2. The molecule has 3 saturated carbocycles. The Hall–Kier alpha value is -1.78. The first kappa shape index (κ1) is 24.9. The average Bonchev–Trinajstić information content (AvgIpc) is 2.84. The van der Waals surface area contributed by atoms with E-state index < -0.39 is 0 Å². The van der Waals surface area contributed by atoms with Crippen molar-refractivity contribution < 1.29 is 4.79 Å². The molecule has 5 rings (SSSR count). The van der Waals surface area contributed by atoms with Crippen LogP contribution in [-0.2, 0) is 10.2 Å². The summed E-state index contributed by atoms with van der Waals surface area (Å²) in [6, 6.07) is 22.5. The van der Waals surface area contributed by atoms with E-state index in [0.717, 1.165) is 57.1 Å². The fourth-order valence-electron chi connectivity index (χ4n) is 8.01. The van der Waals surface area contributed by atoms with Crippen LogP contribution in [0.25, 0.3) is 0 Å². The second-order valence-corrected chi connectivity index (χ2v) is 13.5. The van der Waals surface area contributed by atoms with Crippen molar-refractivity contribution in [1.29, 1.82) is 0 Å². The van der Waals surface area contributed by atoms with Gasteiger partial charge in [0.25, 0.3) is 0 Å². The molecule has 2 aromatic carbocycles. The molecule has 2 bridgehead atoms. The van der Waals surface area contributed by atoms with Crippen LogP contribution in [0.4, 0.5) is 0 Å². The van der Waals surface area contributed by atoms with Gasteiger partial charge < -0.3 is 11.1 Å². The summed E-state index contributed by atoms with van der Waals surface area (Å²) in [6.45, 7) is 4.83. The third-order valence-electron chi connectivity index (χ3n) is 8.99. The third-order valence-corrected chi connectivity index (χ3v) is 10.4. The normalized spacial score (nSPS) is 36.9. The SMILES string of the molecule is CC1CC2(C(=O)NC3CCC(N)CC3)CC(C)(CSc3ccccc3)CC(c3ccccc3)(C1)C2. The summed E-state index contributed by atoms with van der Waals surface area (Å²) in [6.07, 6.45) is 9.38. The van der Waals surface area contributed by atoms with Crippen LogP contribution >= 0.6 is 11.8 Å². The van der Waals surface area contributed by atoms with Crippen molar-refractivity contribution in [3.63, 3.8) is 0 Å². The summed E-state index contributed by atoms with van der Waals surface area (Å²) in [5.41, 5.74) is 7.45. The largest absolute Gasteiger partial charge is 0.353 e. The van der Waals surface area contributed by atoms with E-state index in [1.807, 2.05) is 11.8 Å². The molecule has 3 aliphatic rings. The summed E-state index contributed by atoms with van der Waals surface area (Å²) in [5, 5.41) is 3.55. The molecule has 4 heteroatoms. The van der Waals surface area contributed by atoms with Crippen molar-refractivity contribution in [2.24, 2.45) is 22.5 Å². The van der Waals surface area contributed by atoms with Gasteiger partial charge in [-0.15, -0.1) is 11.8 Å². The van der Waals surface area contributed by atoms with Crippen LogP contribution in [0.1, 0.15) is 77.2 Å². The Morgan fingerprint density at radius 2 is 1.60 bits per heavy atom. The van der Waals surface area contributed by atoms with E-state index in [1.54, 1.807) is 0 Å². The Balaban J connectivity index is 1.46. The van der Waals surface area contributed by atoms with Crippen molar-refractivity contribution in [3.8, 4) is 0 Å². The maximum atomic E-state index is 14.2. The smallest absolute Gasteiger partial charge is 0.226 e. The van der Waals surface area contributed by atoms with Gasteiger partial charge in [0.1, 0.15) is 0 Å². The van der Waals surface area contributed by atoms with Gasteiger partial charge >= 0.3 is 0 Å². The molecule has 0 aromatic heterocycles. The van der Waals surface area contributed by atoms with Gasteiger partial charge in [-0.25, -0.2) is 0 Å². The van der Waals surface area contributed by atoms with Crippen LogP contribution < -0.4 is 11.1 Å². The van der Waals surface area contributed by atoms with E-state index in [9.17, 15) is 4.79 Å². The highest BCUT2D eigenvalue weighted by Gasteiger charge is 2.59. The number of nitrogens with two attached hydrogens (primary N) is 1. The zero-order valence-electron chi connectivity index (χ0n) is 21.5. The lowest BCUT2D eigenvalue weighted by Gasteiger charge is -2.59. The second-order valence-electron chi connectivity index (χ2n) is 12.5. The summed E-state index contributed by atoms with van der Waals surface area (Å²) in [4.78, 5) is 15.5. The van der Waals surface area contributed by atoms with Crippen molar-refractivity contribution in [1.82, 2.24) is 5.32 Å². The minimum Gasteiger partial charge on any atom is -0.353 e. The van der Waals surface area contributed by atoms with Gasteiger partial charge in [-0.05, 0) is 92.2 Å². The quantitative estimate of drug-likeness (QED) is 0.443. The minimum atomic E-state index is -0.294. The highest BCUT2D eigenvalue weighted by molar-refractivity contribution is 7.99. The first-order valence-electron chi connectivity index (χ1n) is 13.6. The van der Waals surface area contributed by atoms with Gasteiger partial charge in [0.05, 0.1) is 5.41 Å². The number of fused-ring (bicyclic) bond motifs is 2. The van der Waals surface area contributed by atoms with Gasteiger partial charge in [0.15, 0.2) is 0 Å². The van der Waals surface area contributed by atoms with Gasteiger partial charge in [-0.1, -0.05) is 62.4 Å². The molecule has 3 fully saturated rings. The first-order valence-corrected chi connectivity index (χ1v) is 14.6. The zero-order valence-corrected chi connectivity index (χ0v) is 22.3.